The molecule has 0 radical (unpaired) electrons. The van der Waals surface area contributed by atoms with Crippen molar-refractivity contribution < 1.29 is 9.90 Å². The zero-order chi connectivity index (χ0) is 17.6. The standard InChI is InChI=1S/C19H20N4O2/c1-13-21-18(23-22-13)15-6-8-16(9-7-15)19(25)20-12-2-3-14-4-10-17(24)11-5-14/h4-11,24H,2-3,12H2,1H3,(H,20,25)(H,21,22,23). The number of carbonyl (C=O) groups is 1. The van der Waals surface area contributed by atoms with Crippen LogP contribution in [-0.4, -0.2) is 32.7 Å². The molecule has 128 valence electrons. The Balaban J connectivity index is 1.48. The summed E-state index contributed by atoms with van der Waals surface area (Å²) >= 11 is 0. The van der Waals surface area contributed by atoms with Crippen LogP contribution >= 0.6 is 0 Å². The van der Waals surface area contributed by atoms with Crippen molar-refractivity contribution in [1.29, 1.82) is 0 Å². The van der Waals surface area contributed by atoms with Gasteiger partial charge in [0.05, 0.1) is 0 Å². The highest BCUT2D eigenvalue weighted by atomic mass is 16.3. The normalized spacial score (nSPS) is 10.6. The number of hydrogen-bond donors (Lipinski definition) is 3. The second kappa shape index (κ2) is 7.61. The van der Waals surface area contributed by atoms with Crippen molar-refractivity contribution in [1.82, 2.24) is 20.5 Å². The number of benzene rings is 2. The third-order valence-electron chi connectivity index (χ3n) is 3.87. The summed E-state index contributed by atoms with van der Waals surface area (Å²) in [5.74, 6) is 1.55. The van der Waals surface area contributed by atoms with Crippen molar-refractivity contribution in [3.8, 4) is 17.1 Å². The Bertz CT molecular complexity index is 839. The van der Waals surface area contributed by atoms with Gasteiger partial charge >= 0.3 is 0 Å². The molecule has 0 aliphatic heterocycles. The summed E-state index contributed by atoms with van der Waals surface area (Å²) in [6.45, 7) is 2.44. The Labute approximate surface area is 145 Å². The first-order valence-corrected chi connectivity index (χ1v) is 8.17. The number of nitrogens with one attached hydrogen (secondary N) is 2. The largest absolute Gasteiger partial charge is 0.508 e. The maximum absolute atomic E-state index is 12.2. The van der Waals surface area contributed by atoms with Gasteiger partial charge in [0.15, 0.2) is 5.82 Å². The van der Waals surface area contributed by atoms with E-state index in [0.29, 0.717) is 17.9 Å². The number of aromatic nitrogens is 3. The number of aromatic amines is 1. The lowest BCUT2D eigenvalue weighted by Crippen LogP contribution is -2.24. The van der Waals surface area contributed by atoms with Gasteiger partial charge in [-0.3, -0.25) is 9.89 Å². The minimum atomic E-state index is -0.0941. The van der Waals surface area contributed by atoms with Crippen LogP contribution in [0.25, 0.3) is 11.4 Å². The second-order valence-corrected chi connectivity index (χ2v) is 5.85. The van der Waals surface area contributed by atoms with E-state index in [1.165, 1.54) is 0 Å². The van der Waals surface area contributed by atoms with Gasteiger partial charge in [-0.05, 0) is 49.6 Å². The monoisotopic (exact) mass is 336 g/mol. The summed E-state index contributed by atoms with van der Waals surface area (Å²) in [5, 5.41) is 19.1. The first-order chi connectivity index (χ1) is 12.1. The van der Waals surface area contributed by atoms with E-state index in [1.807, 2.05) is 31.2 Å². The Kier molecular flexibility index (Phi) is 5.09. The van der Waals surface area contributed by atoms with Crippen molar-refractivity contribution in [3.05, 3.63) is 65.5 Å². The quantitative estimate of drug-likeness (QED) is 0.604. The maximum atomic E-state index is 12.2. The number of nitrogens with zero attached hydrogens (tertiary/aromatic N) is 2. The number of hydrogen-bond acceptors (Lipinski definition) is 4. The van der Waals surface area contributed by atoms with Gasteiger partial charge in [0, 0.05) is 17.7 Å². The van der Waals surface area contributed by atoms with Crippen LogP contribution in [0.1, 0.15) is 28.2 Å². The van der Waals surface area contributed by atoms with Crippen LogP contribution < -0.4 is 5.32 Å². The third kappa shape index (κ3) is 4.44. The van der Waals surface area contributed by atoms with Crippen molar-refractivity contribution in [3.63, 3.8) is 0 Å². The van der Waals surface area contributed by atoms with Crippen LogP contribution in [0, 0.1) is 6.92 Å². The molecular formula is C19H20N4O2. The molecule has 2 aromatic carbocycles. The molecular weight excluding hydrogens is 316 g/mol. The highest BCUT2D eigenvalue weighted by molar-refractivity contribution is 5.94. The minimum absolute atomic E-state index is 0.0941. The van der Waals surface area contributed by atoms with Crippen LogP contribution in [0.4, 0.5) is 0 Å². The average molecular weight is 336 g/mol. The lowest BCUT2D eigenvalue weighted by molar-refractivity contribution is 0.0953. The zero-order valence-corrected chi connectivity index (χ0v) is 14.0. The number of rotatable bonds is 6. The van der Waals surface area contributed by atoms with Crippen LogP contribution in [0.3, 0.4) is 0 Å². The van der Waals surface area contributed by atoms with E-state index < -0.39 is 0 Å². The SMILES string of the molecule is Cc1nc(-c2ccc(C(=O)NCCCc3ccc(O)cc3)cc2)n[nH]1. The van der Waals surface area contributed by atoms with Gasteiger partial charge in [-0.1, -0.05) is 24.3 Å². The molecule has 0 saturated heterocycles. The molecule has 6 nitrogen and oxygen atoms in total. The molecule has 1 amide bonds. The maximum Gasteiger partial charge on any atom is 0.251 e. The van der Waals surface area contributed by atoms with Crippen LogP contribution in [0.15, 0.2) is 48.5 Å². The summed E-state index contributed by atoms with van der Waals surface area (Å²) in [6.07, 6.45) is 1.69. The van der Waals surface area contributed by atoms with E-state index in [4.69, 9.17) is 0 Å². The van der Waals surface area contributed by atoms with Crippen molar-refractivity contribution in [2.75, 3.05) is 6.54 Å². The number of phenolic OH excluding ortho intramolecular Hbond substituents is 1. The van der Waals surface area contributed by atoms with E-state index >= 15 is 0 Å². The molecule has 6 heteroatoms. The molecule has 0 bridgehead atoms. The highest BCUT2D eigenvalue weighted by Crippen LogP contribution is 2.15. The molecule has 1 aromatic heterocycles. The van der Waals surface area contributed by atoms with Gasteiger partial charge in [0.25, 0.3) is 5.91 Å². The summed E-state index contributed by atoms with van der Waals surface area (Å²) < 4.78 is 0. The molecule has 0 aliphatic rings. The zero-order valence-electron chi connectivity index (χ0n) is 14.0. The molecule has 0 spiro atoms. The molecule has 3 rings (SSSR count). The van der Waals surface area contributed by atoms with E-state index in [0.717, 1.165) is 29.8 Å². The highest BCUT2D eigenvalue weighted by Gasteiger charge is 2.07. The fraction of sp³-hybridized carbons (Fsp3) is 0.211. The predicted octanol–water partition coefficient (Wildman–Crippen LogP) is 2.85. The van der Waals surface area contributed by atoms with Gasteiger partial charge in [-0.15, -0.1) is 0 Å². The fourth-order valence-electron chi connectivity index (χ4n) is 2.50. The van der Waals surface area contributed by atoms with Gasteiger partial charge in [0.2, 0.25) is 0 Å². The summed E-state index contributed by atoms with van der Waals surface area (Å²) in [4.78, 5) is 16.4. The van der Waals surface area contributed by atoms with E-state index in [9.17, 15) is 9.90 Å². The molecule has 0 atom stereocenters. The lowest BCUT2D eigenvalue weighted by Gasteiger charge is -2.06. The number of phenols is 1. The molecule has 1 heterocycles. The van der Waals surface area contributed by atoms with Crippen LogP contribution in [0.5, 0.6) is 5.75 Å². The van der Waals surface area contributed by atoms with E-state index in [-0.39, 0.29) is 11.7 Å². The molecule has 25 heavy (non-hydrogen) atoms. The Morgan fingerprint density at radius 1 is 1.12 bits per heavy atom. The predicted molar refractivity (Wildman–Crippen MR) is 95.3 cm³/mol. The summed E-state index contributed by atoms with van der Waals surface area (Å²) in [6, 6.07) is 14.4. The molecule has 3 aromatic rings. The number of aromatic hydroxyl groups is 1. The molecule has 0 fully saturated rings. The molecule has 0 saturated carbocycles. The van der Waals surface area contributed by atoms with Crippen LogP contribution in [-0.2, 0) is 6.42 Å². The number of amides is 1. The van der Waals surface area contributed by atoms with Gasteiger partial charge in [-0.2, -0.15) is 5.10 Å². The molecule has 3 N–H and O–H groups in total. The van der Waals surface area contributed by atoms with E-state index in [1.54, 1.807) is 24.3 Å². The summed E-state index contributed by atoms with van der Waals surface area (Å²) in [5.41, 5.74) is 2.62. The topological polar surface area (TPSA) is 90.9 Å². The van der Waals surface area contributed by atoms with Crippen molar-refractivity contribution in [2.24, 2.45) is 0 Å². The molecule has 0 unspecified atom stereocenters. The smallest absolute Gasteiger partial charge is 0.251 e. The van der Waals surface area contributed by atoms with Gasteiger partial charge < -0.3 is 10.4 Å². The van der Waals surface area contributed by atoms with Gasteiger partial charge in [-0.25, -0.2) is 4.98 Å². The van der Waals surface area contributed by atoms with Crippen molar-refractivity contribution in [2.45, 2.75) is 19.8 Å². The Morgan fingerprint density at radius 3 is 2.48 bits per heavy atom. The first-order valence-electron chi connectivity index (χ1n) is 8.17. The minimum Gasteiger partial charge on any atom is -0.508 e. The second-order valence-electron chi connectivity index (χ2n) is 5.85. The van der Waals surface area contributed by atoms with Gasteiger partial charge in [0.1, 0.15) is 11.6 Å². The van der Waals surface area contributed by atoms with E-state index in [2.05, 4.69) is 20.5 Å². The Morgan fingerprint density at radius 2 is 1.84 bits per heavy atom. The number of carbonyl (C=O) groups excluding carboxylic acids is 1. The third-order valence-corrected chi connectivity index (χ3v) is 3.87. The molecule has 0 aliphatic carbocycles. The number of H-pyrrole nitrogens is 1. The Hall–Kier alpha value is -3.15. The number of aryl methyl sites for hydroxylation is 2. The lowest BCUT2D eigenvalue weighted by atomic mass is 10.1. The summed E-state index contributed by atoms with van der Waals surface area (Å²) in [7, 11) is 0. The first kappa shape index (κ1) is 16.7. The van der Waals surface area contributed by atoms with Crippen LogP contribution in [0.2, 0.25) is 0 Å². The fourth-order valence-corrected chi connectivity index (χ4v) is 2.50. The van der Waals surface area contributed by atoms with Crippen molar-refractivity contribution >= 4 is 5.91 Å². The average Bonchev–Trinajstić information content (AvgIpc) is 3.06.